The SMILES string of the molecule is CC1(C)C=C(NCCc2c[nH]c3ccccc23)CC(=O)C1. The van der Waals surface area contributed by atoms with Gasteiger partial charge in [-0.1, -0.05) is 38.1 Å². The topological polar surface area (TPSA) is 44.9 Å². The third-order valence-corrected chi connectivity index (χ3v) is 4.03. The average Bonchev–Trinajstić information content (AvgIpc) is 2.80. The highest BCUT2D eigenvalue weighted by atomic mass is 16.1. The predicted molar refractivity (Wildman–Crippen MR) is 86.1 cm³/mol. The van der Waals surface area contributed by atoms with E-state index in [1.807, 2.05) is 6.07 Å². The van der Waals surface area contributed by atoms with E-state index in [0.29, 0.717) is 18.6 Å². The molecule has 0 spiro atoms. The maximum absolute atomic E-state index is 11.8. The van der Waals surface area contributed by atoms with Gasteiger partial charge in [-0.05, 0) is 23.5 Å². The maximum atomic E-state index is 11.8. The van der Waals surface area contributed by atoms with Gasteiger partial charge in [-0.3, -0.25) is 4.79 Å². The van der Waals surface area contributed by atoms with Crippen LogP contribution in [-0.2, 0) is 11.2 Å². The Morgan fingerprint density at radius 1 is 1.29 bits per heavy atom. The van der Waals surface area contributed by atoms with Crippen molar-refractivity contribution in [2.75, 3.05) is 6.54 Å². The van der Waals surface area contributed by atoms with E-state index < -0.39 is 0 Å². The van der Waals surface area contributed by atoms with Crippen LogP contribution in [0, 0.1) is 5.41 Å². The molecule has 1 aliphatic carbocycles. The molecule has 1 aromatic heterocycles. The van der Waals surface area contributed by atoms with Gasteiger partial charge < -0.3 is 10.3 Å². The first-order valence-corrected chi connectivity index (χ1v) is 7.56. The second kappa shape index (κ2) is 5.40. The number of H-pyrrole nitrogens is 1. The Labute approximate surface area is 125 Å². The second-order valence-electron chi connectivity index (χ2n) is 6.59. The molecule has 3 nitrogen and oxygen atoms in total. The number of allylic oxidation sites excluding steroid dienone is 2. The molecule has 0 aliphatic heterocycles. The number of aromatic amines is 1. The first-order valence-electron chi connectivity index (χ1n) is 7.56. The van der Waals surface area contributed by atoms with Crippen LogP contribution in [0.5, 0.6) is 0 Å². The van der Waals surface area contributed by atoms with Gasteiger partial charge in [0.1, 0.15) is 5.78 Å². The van der Waals surface area contributed by atoms with Crippen molar-refractivity contribution < 1.29 is 4.79 Å². The summed E-state index contributed by atoms with van der Waals surface area (Å²) < 4.78 is 0. The molecule has 0 fully saturated rings. The van der Waals surface area contributed by atoms with Gasteiger partial charge in [0, 0.05) is 42.2 Å². The van der Waals surface area contributed by atoms with Gasteiger partial charge in [-0.15, -0.1) is 0 Å². The summed E-state index contributed by atoms with van der Waals surface area (Å²) in [6, 6.07) is 8.35. The molecule has 1 aromatic carbocycles. The number of rotatable bonds is 4. The van der Waals surface area contributed by atoms with Gasteiger partial charge in [-0.2, -0.15) is 0 Å². The molecule has 0 atom stereocenters. The standard InChI is InChI=1S/C18H22N2O/c1-18(2)10-14(9-15(21)11-18)19-8-7-13-12-20-17-6-4-3-5-16(13)17/h3-6,10,12,19-20H,7-9,11H2,1-2H3. The minimum Gasteiger partial charge on any atom is -0.388 e. The lowest BCUT2D eigenvalue weighted by atomic mass is 9.81. The van der Waals surface area contributed by atoms with Crippen LogP contribution in [0.1, 0.15) is 32.3 Å². The fraction of sp³-hybridized carbons (Fsp3) is 0.389. The lowest BCUT2D eigenvalue weighted by molar-refractivity contribution is -0.120. The molecule has 1 heterocycles. The van der Waals surface area contributed by atoms with E-state index in [4.69, 9.17) is 0 Å². The van der Waals surface area contributed by atoms with Crippen molar-refractivity contribution >= 4 is 16.7 Å². The Kier molecular flexibility index (Phi) is 3.58. The molecule has 0 bridgehead atoms. The largest absolute Gasteiger partial charge is 0.388 e. The number of carbonyl (C=O) groups is 1. The summed E-state index contributed by atoms with van der Waals surface area (Å²) >= 11 is 0. The fourth-order valence-corrected chi connectivity index (χ4v) is 3.17. The molecular formula is C18H22N2O. The minimum atomic E-state index is -0.0154. The maximum Gasteiger partial charge on any atom is 0.139 e. The molecule has 21 heavy (non-hydrogen) atoms. The fourth-order valence-electron chi connectivity index (χ4n) is 3.17. The van der Waals surface area contributed by atoms with Crippen molar-refractivity contribution in [2.24, 2.45) is 5.41 Å². The van der Waals surface area contributed by atoms with E-state index in [2.05, 4.69) is 54.6 Å². The Hall–Kier alpha value is -2.03. The predicted octanol–water partition coefficient (Wildman–Crippen LogP) is 3.57. The zero-order valence-corrected chi connectivity index (χ0v) is 12.7. The summed E-state index contributed by atoms with van der Waals surface area (Å²) in [6.45, 7) is 5.09. The summed E-state index contributed by atoms with van der Waals surface area (Å²) in [5, 5.41) is 4.72. The quantitative estimate of drug-likeness (QED) is 0.900. The van der Waals surface area contributed by atoms with Gasteiger partial charge in [0.25, 0.3) is 0 Å². The lowest BCUT2D eigenvalue weighted by Crippen LogP contribution is -2.28. The molecule has 2 N–H and O–H groups in total. The lowest BCUT2D eigenvalue weighted by Gasteiger charge is -2.27. The zero-order valence-electron chi connectivity index (χ0n) is 12.7. The number of carbonyl (C=O) groups excluding carboxylic acids is 1. The highest BCUT2D eigenvalue weighted by Gasteiger charge is 2.25. The molecule has 110 valence electrons. The molecule has 0 amide bonds. The van der Waals surface area contributed by atoms with Gasteiger partial charge in [0.15, 0.2) is 0 Å². The second-order valence-corrected chi connectivity index (χ2v) is 6.59. The number of aromatic nitrogens is 1. The first-order chi connectivity index (χ1) is 10.0. The Balaban J connectivity index is 1.64. The number of ketones is 1. The van der Waals surface area contributed by atoms with E-state index in [-0.39, 0.29) is 5.41 Å². The molecular weight excluding hydrogens is 260 g/mol. The molecule has 2 aromatic rings. The van der Waals surface area contributed by atoms with E-state index in [1.54, 1.807) is 0 Å². The molecule has 0 saturated heterocycles. The number of hydrogen-bond acceptors (Lipinski definition) is 2. The van der Waals surface area contributed by atoms with Crippen molar-refractivity contribution in [2.45, 2.75) is 33.1 Å². The van der Waals surface area contributed by atoms with E-state index in [1.165, 1.54) is 16.5 Å². The van der Waals surface area contributed by atoms with Crippen LogP contribution in [0.3, 0.4) is 0 Å². The molecule has 0 saturated carbocycles. The summed E-state index contributed by atoms with van der Waals surface area (Å²) in [4.78, 5) is 15.1. The summed E-state index contributed by atoms with van der Waals surface area (Å²) in [5.74, 6) is 0.331. The third kappa shape index (κ3) is 3.18. The van der Waals surface area contributed by atoms with Crippen LogP contribution >= 0.6 is 0 Å². The van der Waals surface area contributed by atoms with Crippen LogP contribution in [-0.4, -0.2) is 17.3 Å². The Morgan fingerprint density at radius 3 is 2.90 bits per heavy atom. The van der Waals surface area contributed by atoms with Crippen LogP contribution in [0.4, 0.5) is 0 Å². The molecule has 0 unspecified atom stereocenters. The zero-order chi connectivity index (χ0) is 14.9. The van der Waals surface area contributed by atoms with Crippen LogP contribution < -0.4 is 5.32 Å². The molecule has 3 rings (SSSR count). The van der Waals surface area contributed by atoms with Gasteiger partial charge >= 0.3 is 0 Å². The van der Waals surface area contributed by atoms with E-state index in [0.717, 1.165) is 18.7 Å². The van der Waals surface area contributed by atoms with Crippen LogP contribution in [0.25, 0.3) is 10.9 Å². The van der Waals surface area contributed by atoms with Crippen molar-refractivity contribution in [3.8, 4) is 0 Å². The van der Waals surface area contributed by atoms with Gasteiger partial charge in [-0.25, -0.2) is 0 Å². The Bertz CT molecular complexity index is 694. The Morgan fingerprint density at radius 2 is 2.10 bits per heavy atom. The van der Waals surface area contributed by atoms with E-state index >= 15 is 0 Å². The number of para-hydroxylation sites is 1. The van der Waals surface area contributed by atoms with Gasteiger partial charge in [0.2, 0.25) is 0 Å². The summed E-state index contributed by atoms with van der Waals surface area (Å²) in [5.41, 5.74) is 3.57. The van der Waals surface area contributed by atoms with Crippen LogP contribution in [0.15, 0.2) is 42.2 Å². The minimum absolute atomic E-state index is 0.0154. The van der Waals surface area contributed by atoms with Crippen molar-refractivity contribution in [1.82, 2.24) is 10.3 Å². The third-order valence-electron chi connectivity index (χ3n) is 4.03. The smallest absolute Gasteiger partial charge is 0.139 e. The molecule has 3 heteroatoms. The number of fused-ring (bicyclic) bond motifs is 1. The highest BCUT2D eigenvalue weighted by molar-refractivity contribution is 5.83. The number of hydrogen-bond donors (Lipinski definition) is 2. The van der Waals surface area contributed by atoms with Crippen molar-refractivity contribution in [3.05, 3.63) is 47.8 Å². The van der Waals surface area contributed by atoms with E-state index in [9.17, 15) is 4.79 Å². The monoisotopic (exact) mass is 282 g/mol. The number of Topliss-reactive ketones (excluding diaryl/α,β-unsaturated/α-hetero) is 1. The van der Waals surface area contributed by atoms with Crippen molar-refractivity contribution in [1.29, 1.82) is 0 Å². The average molecular weight is 282 g/mol. The summed E-state index contributed by atoms with van der Waals surface area (Å²) in [7, 11) is 0. The molecule has 0 radical (unpaired) electrons. The normalized spacial score (nSPS) is 17.8. The molecule has 1 aliphatic rings. The summed E-state index contributed by atoms with van der Waals surface area (Å²) in [6.07, 6.45) is 6.45. The number of nitrogens with one attached hydrogen (secondary N) is 2. The number of benzene rings is 1. The van der Waals surface area contributed by atoms with Crippen molar-refractivity contribution in [3.63, 3.8) is 0 Å². The van der Waals surface area contributed by atoms with Gasteiger partial charge in [0.05, 0.1) is 0 Å². The first kappa shape index (κ1) is 13.9. The van der Waals surface area contributed by atoms with Crippen LogP contribution in [0.2, 0.25) is 0 Å². The highest BCUT2D eigenvalue weighted by Crippen LogP contribution is 2.30.